The molecule has 1 N–H and O–H groups in total. The Balaban J connectivity index is 2.14. The Labute approximate surface area is 112 Å². The fraction of sp³-hybridized carbons (Fsp3) is 0.625. The molecular formula is C16H27NO. The van der Waals surface area contributed by atoms with Gasteiger partial charge in [0.25, 0.3) is 0 Å². The van der Waals surface area contributed by atoms with E-state index in [2.05, 4.69) is 42.6 Å². The maximum absolute atomic E-state index is 5.25. The van der Waals surface area contributed by atoms with Gasteiger partial charge in [-0.15, -0.1) is 0 Å². The number of hydrogen-bond donors (Lipinski definition) is 1. The highest BCUT2D eigenvalue weighted by atomic mass is 16.5. The topological polar surface area (TPSA) is 21.3 Å². The van der Waals surface area contributed by atoms with Gasteiger partial charge in [-0.05, 0) is 37.8 Å². The van der Waals surface area contributed by atoms with E-state index in [9.17, 15) is 0 Å². The molecule has 0 heterocycles. The monoisotopic (exact) mass is 249 g/mol. The lowest BCUT2D eigenvalue weighted by molar-refractivity contribution is 0.161. The number of hydrogen-bond acceptors (Lipinski definition) is 2. The van der Waals surface area contributed by atoms with Crippen molar-refractivity contribution in [3.8, 4) is 0 Å². The minimum absolute atomic E-state index is 0.519. The SMILES string of the molecule is CCCNC(CCCCc1ccccc1)COC. The summed E-state index contributed by atoms with van der Waals surface area (Å²) >= 11 is 0. The lowest BCUT2D eigenvalue weighted by Crippen LogP contribution is -2.33. The second-order valence-electron chi connectivity index (χ2n) is 4.84. The number of methoxy groups -OCH3 is 1. The van der Waals surface area contributed by atoms with Crippen molar-refractivity contribution in [2.45, 2.75) is 45.1 Å². The lowest BCUT2D eigenvalue weighted by atomic mass is 10.0. The van der Waals surface area contributed by atoms with Gasteiger partial charge in [0.15, 0.2) is 0 Å². The summed E-state index contributed by atoms with van der Waals surface area (Å²) in [4.78, 5) is 0. The molecular weight excluding hydrogens is 222 g/mol. The molecule has 0 fully saturated rings. The van der Waals surface area contributed by atoms with E-state index in [-0.39, 0.29) is 0 Å². The average Bonchev–Trinajstić information content (AvgIpc) is 2.42. The Kier molecular flexibility index (Phi) is 8.53. The summed E-state index contributed by atoms with van der Waals surface area (Å²) in [5.41, 5.74) is 1.45. The van der Waals surface area contributed by atoms with Crippen molar-refractivity contribution in [3.63, 3.8) is 0 Å². The largest absolute Gasteiger partial charge is 0.383 e. The maximum atomic E-state index is 5.25. The molecule has 0 aliphatic heterocycles. The number of aryl methyl sites for hydroxylation is 1. The molecule has 1 rings (SSSR count). The van der Waals surface area contributed by atoms with Crippen molar-refractivity contribution in [1.29, 1.82) is 0 Å². The third kappa shape index (κ3) is 6.77. The first-order chi connectivity index (χ1) is 8.86. The molecule has 0 aromatic heterocycles. The van der Waals surface area contributed by atoms with Crippen LogP contribution in [0.15, 0.2) is 30.3 Å². The Morgan fingerprint density at radius 2 is 1.94 bits per heavy atom. The van der Waals surface area contributed by atoms with Crippen molar-refractivity contribution < 1.29 is 4.74 Å². The van der Waals surface area contributed by atoms with Crippen LogP contribution in [0.5, 0.6) is 0 Å². The van der Waals surface area contributed by atoms with Gasteiger partial charge in [-0.1, -0.05) is 43.7 Å². The first-order valence-corrected chi connectivity index (χ1v) is 7.13. The Bertz CT molecular complexity index is 286. The number of benzene rings is 1. The molecule has 2 nitrogen and oxygen atoms in total. The Morgan fingerprint density at radius 1 is 1.17 bits per heavy atom. The van der Waals surface area contributed by atoms with Crippen LogP contribution in [0.25, 0.3) is 0 Å². The van der Waals surface area contributed by atoms with Gasteiger partial charge in [-0.3, -0.25) is 0 Å². The molecule has 1 aromatic carbocycles. The van der Waals surface area contributed by atoms with Crippen molar-refractivity contribution in [1.82, 2.24) is 5.32 Å². The summed E-state index contributed by atoms with van der Waals surface area (Å²) in [5.74, 6) is 0. The van der Waals surface area contributed by atoms with E-state index in [0.29, 0.717) is 6.04 Å². The highest BCUT2D eigenvalue weighted by molar-refractivity contribution is 5.14. The predicted octanol–water partition coefficient (Wildman–Crippen LogP) is 3.41. The van der Waals surface area contributed by atoms with Gasteiger partial charge in [0, 0.05) is 13.2 Å². The zero-order valence-electron chi connectivity index (χ0n) is 11.8. The van der Waals surface area contributed by atoms with E-state index in [0.717, 1.165) is 13.2 Å². The third-order valence-electron chi connectivity index (χ3n) is 3.16. The van der Waals surface area contributed by atoms with Crippen LogP contribution in [0, 0.1) is 0 Å². The van der Waals surface area contributed by atoms with Crippen LogP contribution in [0.2, 0.25) is 0 Å². The minimum Gasteiger partial charge on any atom is -0.383 e. The zero-order valence-corrected chi connectivity index (χ0v) is 11.8. The van der Waals surface area contributed by atoms with Crippen molar-refractivity contribution in [2.24, 2.45) is 0 Å². The number of nitrogens with one attached hydrogen (secondary N) is 1. The van der Waals surface area contributed by atoms with E-state index in [1.54, 1.807) is 7.11 Å². The van der Waals surface area contributed by atoms with Gasteiger partial charge >= 0.3 is 0 Å². The molecule has 0 bridgehead atoms. The predicted molar refractivity (Wildman–Crippen MR) is 78.0 cm³/mol. The Morgan fingerprint density at radius 3 is 2.61 bits per heavy atom. The molecule has 0 amide bonds. The van der Waals surface area contributed by atoms with Crippen LogP contribution >= 0.6 is 0 Å². The highest BCUT2D eigenvalue weighted by Gasteiger charge is 2.06. The quantitative estimate of drug-likeness (QED) is 0.642. The molecule has 0 radical (unpaired) electrons. The van der Waals surface area contributed by atoms with E-state index in [4.69, 9.17) is 4.74 Å². The van der Waals surface area contributed by atoms with Gasteiger partial charge in [0.2, 0.25) is 0 Å². The fourth-order valence-electron chi connectivity index (χ4n) is 2.16. The van der Waals surface area contributed by atoms with Crippen LogP contribution in [0.1, 0.15) is 38.2 Å². The van der Waals surface area contributed by atoms with Gasteiger partial charge in [0.1, 0.15) is 0 Å². The van der Waals surface area contributed by atoms with E-state index in [1.807, 2.05) is 0 Å². The maximum Gasteiger partial charge on any atom is 0.0615 e. The van der Waals surface area contributed by atoms with Gasteiger partial charge in [-0.25, -0.2) is 0 Å². The van der Waals surface area contributed by atoms with E-state index >= 15 is 0 Å². The van der Waals surface area contributed by atoms with Crippen molar-refractivity contribution in [3.05, 3.63) is 35.9 Å². The third-order valence-corrected chi connectivity index (χ3v) is 3.16. The summed E-state index contributed by atoms with van der Waals surface area (Å²) in [6.45, 7) is 4.12. The smallest absolute Gasteiger partial charge is 0.0615 e. The highest BCUT2D eigenvalue weighted by Crippen LogP contribution is 2.08. The molecule has 0 aliphatic carbocycles. The summed E-state index contributed by atoms with van der Waals surface area (Å²) in [7, 11) is 1.78. The average molecular weight is 249 g/mol. The van der Waals surface area contributed by atoms with Gasteiger partial charge in [0.05, 0.1) is 6.61 Å². The van der Waals surface area contributed by atoms with Gasteiger partial charge in [-0.2, -0.15) is 0 Å². The van der Waals surface area contributed by atoms with E-state index in [1.165, 1.54) is 37.7 Å². The first-order valence-electron chi connectivity index (χ1n) is 7.13. The van der Waals surface area contributed by atoms with Crippen LogP contribution < -0.4 is 5.32 Å². The standard InChI is InChI=1S/C16H27NO/c1-3-13-17-16(14-18-2)12-8-7-11-15-9-5-4-6-10-15/h4-6,9-10,16-17H,3,7-8,11-14H2,1-2H3. The Hall–Kier alpha value is -0.860. The molecule has 1 atom stereocenters. The first kappa shape index (κ1) is 15.2. The summed E-state index contributed by atoms with van der Waals surface area (Å²) in [6, 6.07) is 11.2. The number of rotatable bonds is 10. The molecule has 1 unspecified atom stereocenters. The summed E-state index contributed by atoms with van der Waals surface area (Å²) in [5, 5.41) is 3.54. The lowest BCUT2D eigenvalue weighted by Gasteiger charge is -2.17. The fourth-order valence-corrected chi connectivity index (χ4v) is 2.16. The molecule has 0 spiro atoms. The molecule has 18 heavy (non-hydrogen) atoms. The second-order valence-corrected chi connectivity index (χ2v) is 4.84. The molecule has 0 saturated carbocycles. The van der Waals surface area contributed by atoms with Crippen LogP contribution in [0.3, 0.4) is 0 Å². The van der Waals surface area contributed by atoms with Crippen molar-refractivity contribution in [2.75, 3.05) is 20.3 Å². The zero-order chi connectivity index (χ0) is 13.1. The molecule has 2 heteroatoms. The molecule has 0 aliphatic rings. The summed E-state index contributed by atoms with van der Waals surface area (Å²) < 4.78 is 5.25. The van der Waals surface area contributed by atoms with Gasteiger partial charge < -0.3 is 10.1 Å². The van der Waals surface area contributed by atoms with Crippen LogP contribution in [-0.2, 0) is 11.2 Å². The van der Waals surface area contributed by atoms with Crippen molar-refractivity contribution >= 4 is 0 Å². The van der Waals surface area contributed by atoms with Crippen LogP contribution in [0.4, 0.5) is 0 Å². The minimum atomic E-state index is 0.519. The molecule has 1 aromatic rings. The van der Waals surface area contributed by atoms with E-state index < -0.39 is 0 Å². The van der Waals surface area contributed by atoms with Crippen LogP contribution in [-0.4, -0.2) is 26.3 Å². The normalized spacial score (nSPS) is 12.6. The molecule has 102 valence electrons. The summed E-state index contributed by atoms with van der Waals surface area (Å²) in [6.07, 6.45) is 6.11. The molecule has 0 saturated heterocycles. The second kappa shape index (κ2) is 10.1. The number of ether oxygens (including phenoxy) is 1. The number of unbranched alkanes of at least 4 members (excludes halogenated alkanes) is 1.